The maximum Gasteiger partial charge on any atom is -0.0386 e. The summed E-state index contributed by atoms with van der Waals surface area (Å²) in [5, 5.41) is 0. The first-order chi connectivity index (χ1) is 5.54. The zero-order valence-electron chi connectivity index (χ0n) is 9.30. The molecule has 0 aromatic heterocycles. The third-order valence-electron chi connectivity index (χ3n) is 4.08. The van der Waals surface area contributed by atoms with Gasteiger partial charge in [0.25, 0.3) is 0 Å². The molecule has 1 saturated carbocycles. The van der Waals surface area contributed by atoms with Gasteiger partial charge < -0.3 is 0 Å². The summed E-state index contributed by atoms with van der Waals surface area (Å²) in [6.45, 7) is 12.0. The topological polar surface area (TPSA) is 0 Å². The summed E-state index contributed by atoms with van der Waals surface area (Å²) in [7, 11) is 0. The third kappa shape index (κ3) is 2.24. The highest BCUT2D eigenvalue weighted by Crippen LogP contribution is 2.43. The lowest BCUT2D eigenvalue weighted by molar-refractivity contribution is 0.205. The van der Waals surface area contributed by atoms with E-state index in [-0.39, 0.29) is 0 Å². The zero-order valence-corrected chi connectivity index (χ0v) is 9.30. The SMILES string of the molecule is CC(C)C(C)C(C)C(C)C1CC1. The minimum atomic E-state index is 0.848. The smallest absolute Gasteiger partial charge is 0.0386 e. The van der Waals surface area contributed by atoms with Crippen LogP contribution in [0.1, 0.15) is 47.5 Å². The first kappa shape index (κ1) is 10.1. The maximum atomic E-state index is 2.45. The Bertz CT molecular complexity index is 125. The van der Waals surface area contributed by atoms with Crippen molar-refractivity contribution in [2.45, 2.75) is 47.5 Å². The average molecular weight is 168 g/mol. The number of hydrogen-bond donors (Lipinski definition) is 0. The number of hydrogen-bond acceptors (Lipinski definition) is 0. The average Bonchev–Trinajstić information content (AvgIpc) is 2.82. The second-order valence-electron chi connectivity index (χ2n) is 5.16. The van der Waals surface area contributed by atoms with Crippen LogP contribution in [0, 0.1) is 29.6 Å². The van der Waals surface area contributed by atoms with E-state index in [1.807, 2.05) is 0 Å². The van der Waals surface area contributed by atoms with Crippen LogP contribution in [0.3, 0.4) is 0 Å². The van der Waals surface area contributed by atoms with E-state index >= 15 is 0 Å². The van der Waals surface area contributed by atoms with Crippen molar-refractivity contribution in [1.82, 2.24) is 0 Å². The molecule has 12 heavy (non-hydrogen) atoms. The standard InChI is InChI=1S/C12H24/c1-8(2)9(3)10(4)11(5)12-6-7-12/h8-12H,6-7H2,1-5H3. The summed E-state index contributed by atoms with van der Waals surface area (Å²) in [5.74, 6) is 4.68. The van der Waals surface area contributed by atoms with E-state index in [2.05, 4.69) is 34.6 Å². The quantitative estimate of drug-likeness (QED) is 0.596. The van der Waals surface area contributed by atoms with Gasteiger partial charge in [-0.05, 0) is 42.4 Å². The predicted octanol–water partition coefficient (Wildman–Crippen LogP) is 3.96. The maximum absolute atomic E-state index is 2.45. The summed E-state index contributed by atoms with van der Waals surface area (Å²) < 4.78 is 0. The molecule has 0 aromatic carbocycles. The van der Waals surface area contributed by atoms with Gasteiger partial charge in [0.2, 0.25) is 0 Å². The van der Waals surface area contributed by atoms with Crippen molar-refractivity contribution in [3.63, 3.8) is 0 Å². The minimum absolute atomic E-state index is 0.848. The second-order valence-corrected chi connectivity index (χ2v) is 5.16. The normalized spacial score (nSPS) is 25.5. The molecule has 0 saturated heterocycles. The predicted molar refractivity (Wildman–Crippen MR) is 55.1 cm³/mol. The van der Waals surface area contributed by atoms with E-state index in [4.69, 9.17) is 0 Å². The van der Waals surface area contributed by atoms with Crippen LogP contribution in [0.2, 0.25) is 0 Å². The molecule has 0 bridgehead atoms. The highest BCUT2D eigenvalue weighted by Gasteiger charge is 2.33. The molecule has 0 radical (unpaired) electrons. The Balaban J connectivity index is 2.38. The monoisotopic (exact) mass is 168 g/mol. The van der Waals surface area contributed by atoms with Crippen LogP contribution in [-0.2, 0) is 0 Å². The molecule has 1 fully saturated rings. The molecule has 3 atom stereocenters. The van der Waals surface area contributed by atoms with E-state index in [1.165, 1.54) is 12.8 Å². The van der Waals surface area contributed by atoms with Crippen LogP contribution in [0.4, 0.5) is 0 Å². The van der Waals surface area contributed by atoms with Crippen molar-refractivity contribution in [2.75, 3.05) is 0 Å². The highest BCUT2D eigenvalue weighted by molar-refractivity contribution is 4.83. The summed E-state index contributed by atoms with van der Waals surface area (Å²) in [6, 6.07) is 0. The van der Waals surface area contributed by atoms with E-state index in [0.29, 0.717) is 0 Å². The molecule has 0 heterocycles. The molecular formula is C12H24. The van der Waals surface area contributed by atoms with Crippen molar-refractivity contribution in [3.8, 4) is 0 Å². The zero-order chi connectivity index (χ0) is 9.30. The Morgan fingerprint density at radius 2 is 1.33 bits per heavy atom. The van der Waals surface area contributed by atoms with Gasteiger partial charge in [-0.2, -0.15) is 0 Å². The van der Waals surface area contributed by atoms with Gasteiger partial charge in [0, 0.05) is 0 Å². The Hall–Kier alpha value is 0. The molecule has 1 aliphatic rings. The van der Waals surface area contributed by atoms with Crippen molar-refractivity contribution in [1.29, 1.82) is 0 Å². The van der Waals surface area contributed by atoms with Gasteiger partial charge in [-0.15, -0.1) is 0 Å². The van der Waals surface area contributed by atoms with Crippen molar-refractivity contribution in [3.05, 3.63) is 0 Å². The van der Waals surface area contributed by atoms with Gasteiger partial charge in [0.1, 0.15) is 0 Å². The van der Waals surface area contributed by atoms with E-state index in [1.54, 1.807) is 0 Å². The summed E-state index contributed by atoms with van der Waals surface area (Å²) in [4.78, 5) is 0. The molecule has 0 amide bonds. The lowest BCUT2D eigenvalue weighted by Crippen LogP contribution is -2.21. The lowest BCUT2D eigenvalue weighted by atomic mass is 9.77. The molecule has 3 unspecified atom stereocenters. The van der Waals surface area contributed by atoms with E-state index < -0.39 is 0 Å². The van der Waals surface area contributed by atoms with Gasteiger partial charge in [0.05, 0.1) is 0 Å². The van der Waals surface area contributed by atoms with Gasteiger partial charge in [-0.3, -0.25) is 0 Å². The molecular weight excluding hydrogens is 144 g/mol. The third-order valence-corrected chi connectivity index (χ3v) is 4.08. The highest BCUT2D eigenvalue weighted by atomic mass is 14.4. The van der Waals surface area contributed by atoms with Crippen molar-refractivity contribution < 1.29 is 0 Å². The van der Waals surface area contributed by atoms with E-state index in [0.717, 1.165) is 29.6 Å². The summed E-state index contributed by atoms with van der Waals surface area (Å²) >= 11 is 0. The van der Waals surface area contributed by atoms with Crippen LogP contribution in [0.25, 0.3) is 0 Å². The summed E-state index contributed by atoms with van der Waals surface area (Å²) in [5.41, 5.74) is 0. The Kier molecular flexibility index (Phi) is 3.20. The molecule has 0 heteroatoms. The molecule has 72 valence electrons. The number of rotatable bonds is 4. The molecule has 0 aliphatic heterocycles. The minimum Gasteiger partial charge on any atom is -0.0625 e. The van der Waals surface area contributed by atoms with Crippen LogP contribution in [0.15, 0.2) is 0 Å². The fraction of sp³-hybridized carbons (Fsp3) is 1.00. The van der Waals surface area contributed by atoms with Gasteiger partial charge >= 0.3 is 0 Å². The van der Waals surface area contributed by atoms with Gasteiger partial charge in [-0.25, -0.2) is 0 Å². The Morgan fingerprint density at radius 3 is 1.67 bits per heavy atom. The second kappa shape index (κ2) is 3.81. The fourth-order valence-electron chi connectivity index (χ4n) is 2.14. The lowest BCUT2D eigenvalue weighted by Gasteiger charge is -2.28. The Morgan fingerprint density at radius 1 is 0.833 bits per heavy atom. The Labute approximate surface area is 77.7 Å². The van der Waals surface area contributed by atoms with Crippen molar-refractivity contribution >= 4 is 0 Å². The van der Waals surface area contributed by atoms with Crippen LogP contribution < -0.4 is 0 Å². The molecule has 0 N–H and O–H groups in total. The summed E-state index contributed by atoms with van der Waals surface area (Å²) in [6.07, 6.45) is 2.99. The first-order valence-corrected chi connectivity index (χ1v) is 5.54. The molecule has 1 aliphatic carbocycles. The van der Waals surface area contributed by atoms with Crippen LogP contribution in [0.5, 0.6) is 0 Å². The van der Waals surface area contributed by atoms with Gasteiger partial charge in [0.15, 0.2) is 0 Å². The molecule has 0 aromatic rings. The van der Waals surface area contributed by atoms with E-state index in [9.17, 15) is 0 Å². The fourth-order valence-corrected chi connectivity index (χ4v) is 2.14. The molecule has 0 spiro atoms. The largest absolute Gasteiger partial charge is 0.0625 e. The molecule has 1 rings (SSSR count). The first-order valence-electron chi connectivity index (χ1n) is 5.54. The van der Waals surface area contributed by atoms with Crippen molar-refractivity contribution in [2.24, 2.45) is 29.6 Å². The van der Waals surface area contributed by atoms with Crippen LogP contribution in [-0.4, -0.2) is 0 Å². The van der Waals surface area contributed by atoms with Gasteiger partial charge in [-0.1, -0.05) is 34.6 Å². The molecule has 0 nitrogen and oxygen atoms in total. The van der Waals surface area contributed by atoms with Crippen LogP contribution >= 0.6 is 0 Å².